The summed E-state index contributed by atoms with van der Waals surface area (Å²) >= 11 is 1.31. The number of amides is 2. The Balaban J connectivity index is 1.36. The minimum Gasteiger partial charge on any atom is -0.331 e. The van der Waals surface area contributed by atoms with Crippen molar-refractivity contribution in [3.63, 3.8) is 0 Å². The highest BCUT2D eigenvalue weighted by Gasteiger charge is 2.42. The zero-order valence-electron chi connectivity index (χ0n) is 17.0. The lowest BCUT2D eigenvalue weighted by Crippen LogP contribution is -2.51. The summed E-state index contributed by atoms with van der Waals surface area (Å²) in [5.74, 6) is -0.102. The van der Waals surface area contributed by atoms with Gasteiger partial charge in [-0.05, 0) is 44.1 Å². The molecule has 2 saturated heterocycles. The van der Waals surface area contributed by atoms with Crippen LogP contribution in [-0.2, 0) is 16.0 Å². The van der Waals surface area contributed by atoms with E-state index in [0.29, 0.717) is 37.4 Å². The lowest BCUT2D eigenvalue weighted by molar-refractivity contribution is -0.144. The Kier molecular flexibility index (Phi) is 6.57. The first-order chi connectivity index (χ1) is 14.6. The van der Waals surface area contributed by atoms with Gasteiger partial charge in [0.05, 0.1) is 6.04 Å². The number of likely N-dealkylation sites (tertiary alicyclic amines) is 2. The third-order valence-electron chi connectivity index (χ3n) is 6.04. The number of hydrogen-bond donors (Lipinski definition) is 0. The molecule has 0 bridgehead atoms. The second kappa shape index (κ2) is 9.51. The first-order valence-corrected chi connectivity index (χ1v) is 11.6. The molecule has 2 aliphatic heterocycles. The normalized spacial score (nSPS) is 21.2. The number of Topliss-reactive ketones (excluding diaryl/α,β-unsaturated/α-hetero) is 1. The van der Waals surface area contributed by atoms with Crippen LogP contribution in [0.3, 0.4) is 0 Å². The number of thiazole rings is 1. The van der Waals surface area contributed by atoms with Crippen LogP contribution in [0.1, 0.15) is 53.9 Å². The van der Waals surface area contributed by atoms with Gasteiger partial charge in [0.1, 0.15) is 6.04 Å². The van der Waals surface area contributed by atoms with Crippen molar-refractivity contribution in [1.82, 2.24) is 14.8 Å². The van der Waals surface area contributed by atoms with E-state index in [1.54, 1.807) is 21.4 Å². The molecule has 2 fully saturated rings. The Morgan fingerprint density at radius 1 is 1.00 bits per heavy atom. The Morgan fingerprint density at radius 3 is 2.47 bits per heavy atom. The first-order valence-electron chi connectivity index (χ1n) is 10.7. The summed E-state index contributed by atoms with van der Waals surface area (Å²) in [5, 5.41) is 2.24. The minimum absolute atomic E-state index is 0.0452. The summed E-state index contributed by atoms with van der Waals surface area (Å²) in [7, 11) is 0. The maximum absolute atomic E-state index is 13.3. The molecule has 0 radical (unpaired) electrons. The summed E-state index contributed by atoms with van der Waals surface area (Å²) in [6, 6.07) is 9.26. The molecule has 7 heteroatoms. The van der Waals surface area contributed by atoms with E-state index in [-0.39, 0.29) is 17.6 Å². The van der Waals surface area contributed by atoms with Gasteiger partial charge in [-0.3, -0.25) is 14.4 Å². The van der Waals surface area contributed by atoms with Crippen LogP contribution in [-0.4, -0.2) is 57.6 Å². The van der Waals surface area contributed by atoms with Crippen LogP contribution in [0.4, 0.5) is 0 Å². The van der Waals surface area contributed by atoms with E-state index >= 15 is 0 Å². The van der Waals surface area contributed by atoms with Gasteiger partial charge in [0.15, 0.2) is 5.01 Å². The molecule has 30 heavy (non-hydrogen) atoms. The lowest BCUT2D eigenvalue weighted by atomic mass is 10.1. The fourth-order valence-corrected chi connectivity index (χ4v) is 5.16. The van der Waals surface area contributed by atoms with Crippen molar-refractivity contribution >= 4 is 28.9 Å². The molecule has 1 aromatic carbocycles. The average molecular weight is 426 g/mol. The number of benzene rings is 1. The number of hydrogen-bond acceptors (Lipinski definition) is 5. The van der Waals surface area contributed by atoms with Crippen molar-refractivity contribution in [3.8, 4) is 0 Å². The predicted octanol–water partition coefficient (Wildman–Crippen LogP) is 3.33. The lowest BCUT2D eigenvalue weighted by Gasteiger charge is -2.30. The number of rotatable bonds is 7. The molecule has 2 aromatic rings. The van der Waals surface area contributed by atoms with Gasteiger partial charge in [0, 0.05) is 31.1 Å². The maximum Gasteiger partial charge on any atom is 0.246 e. The number of ketones is 1. The van der Waals surface area contributed by atoms with E-state index in [1.807, 2.05) is 18.2 Å². The molecule has 0 saturated carbocycles. The molecule has 0 unspecified atom stereocenters. The zero-order chi connectivity index (χ0) is 20.9. The van der Waals surface area contributed by atoms with E-state index < -0.39 is 12.1 Å². The number of carbonyl (C=O) groups is 3. The monoisotopic (exact) mass is 425 g/mol. The third kappa shape index (κ3) is 4.46. The number of nitrogens with zero attached hydrogens (tertiary/aromatic N) is 3. The van der Waals surface area contributed by atoms with E-state index in [4.69, 9.17) is 0 Å². The standard InChI is InChI=1S/C23H27N3O3S/c27-20(12-4-9-17-7-2-1-3-8-17)25-14-6-11-19(25)23(29)26-15-5-10-18(26)21(28)22-24-13-16-30-22/h1-3,7-8,13,16,18-19H,4-6,9-12,14-15H2/t18-,19-/m0/s1. The SMILES string of the molecule is O=C(c1nccs1)[C@@H]1CCCN1C(=O)[C@@H]1CCCN1C(=O)CCCc1ccccc1. The van der Waals surface area contributed by atoms with Crippen molar-refractivity contribution in [2.24, 2.45) is 0 Å². The van der Waals surface area contributed by atoms with Crippen LogP contribution in [0.15, 0.2) is 41.9 Å². The summed E-state index contributed by atoms with van der Waals surface area (Å²) in [6.45, 7) is 1.20. The van der Waals surface area contributed by atoms with Gasteiger partial charge in [-0.25, -0.2) is 4.98 Å². The molecule has 2 aliphatic rings. The van der Waals surface area contributed by atoms with E-state index in [1.165, 1.54) is 16.9 Å². The predicted molar refractivity (Wildman–Crippen MR) is 115 cm³/mol. The molecule has 158 valence electrons. The number of aryl methyl sites for hydroxylation is 1. The van der Waals surface area contributed by atoms with Gasteiger partial charge in [-0.15, -0.1) is 11.3 Å². The van der Waals surface area contributed by atoms with Crippen LogP contribution >= 0.6 is 11.3 Å². The van der Waals surface area contributed by atoms with Crippen molar-refractivity contribution in [3.05, 3.63) is 52.5 Å². The Hall–Kier alpha value is -2.54. The van der Waals surface area contributed by atoms with E-state index in [0.717, 1.165) is 25.7 Å². The van der Waals surface area contributed by atoms with Crippen molar-refractivity contribution < 1.29 is 14.4 Å². The minimum atomic E-state index is -0.445. The third-order valence-corrected chi connectivity index (χ3v) is 6.83. The molecule has 2 atom stereocenters. The van der Waals surface area contributed by atoms with E-state index in [9.17, 15) is 14.4 Å². The molecule has 6 nitrogen and oxygen atoms in total. The zero-order valence-corrected chi connectivity index (χ0v) is 17.9. The van der Waals surface area contributed by atoms with E-state index in [2.05, 4.69) is 17.1 Å². The van der Waals surface area contributed by atoms with Crippen LogP contribution < -0.4 is 0 Å². The molecule has 2 amide bonds. The Bertz CT molecular complexity index is 884. The largest absolute Gasteiger partial charge is 0.331 e. The Morgan fingerprint density at radius 2 is 1.73 bits per heavy atom. The van der Waals surface area contributed by atoms with Crippen molar-refractivity contribution in [2.75, 3.05) is 13.1 Å². The molecule has 3 heterocycles. The summed E-state index contributed by atoms with van der Waals surface area (Å²) < 4.78 is 0. The molecule has 1 aromatic heterocycles. The van der Waals surface area contributed by atoms with Crippen molar-refractivity contribution in [2.45, 2.75) is 57.0 Å². The quantitative estimate of drug-likeness (QED) is 0.638. The first kappa shape index (κ1) is 20.7. The summed E-state index contributed by atoms with van der Waals surface area (Å²) in [5.41, 5.74) is 1.22. The highest BCUT2D eigenvalue weighted by Crippen LogP contribution is 2.27. The Labute approximate surface area is 180 Å². The molecule has 0 N–H and O–H groups in total. The summed E-state index contributed by atoms with van der Waals surface area (Å²) in [4.78, 5) is 46.5. The van der Waals surface area contributed by atoms with Crippen LogP contribution in [0.25, 0.3) is 0 Å². The van der Waals surface area contributed by atoms with Gasteiger partial charge < -0.3 is 9.80 Å². The van der Waals surface area contributed by atoms with Gasteiger partial charge in [0.25, 0.3) is 0 Å². The molecular formula is C23H27N3O3S. The van der Waals surface area contributed by atoms with Crippen LogP contribution in [0, 0.1) is 0 Å². The fourth-order valence-electron chi connectivity index (χ4n) is 4.54. The van der Waals surface area contributed by atoms with Gasteiger partial charge in [-0.1, -0.05) is 30.3 Å². The second-order valence-electron chi connectivity index (χ2n) is 7.98. The molecular weight excluding hydrogens is 398 g/mol. The number of aromatic nitrogens is 1. The fraction of sp³-hybridized carbons (Fsp3) is 0.478. The van der Waals surface area contributed by atoms with Crippen LogP contribution in [0.2, 0.25) is 0 Å². The molecule has 0 aliphatic carbocycles. The second-order valence-corrected chi connectivity index (χ2v) is 8.87. The molecule has 0 spiro atoms. The maximum atomic E-state index is 13.3. The van der Waals surface area contributed by atoms with Gasteiger partial charge in [-0.2, -0.15) is 0 Å². The molecule has 4 rings (SSSR count). The van der Waals surface area contributed by atoms with Gasteiger partial charge in [0.2, 0.25) is 17.6 Å². The van der Waals surface area contributed by atoms with Gasteiger partial charge >= 0.3 is 0 Å². The van der Waals surface area contributed by atoms with Crippen LogP contribution in [0.5, 0.6) is 0 Å². The van der Waals surface area contributed by atoms with Crippen molar-refractivity contribution in [1.29, 1.82) is 0 Å². The average Bonchev–Trinajstić information content (AvgIpc) is 3.55. The highest BCUT2D eigenvalue weighted by atomic mass is 32.1. The topological polar surface area (TPSA) is 70.6 Å². The smallest absolute Gasteiger partial charge is 0.246 e. The number of carbonyl (C=O) groups excluding carboxylic acids is 3. The highest BCUT2D eigenvalue weighted by molar-refractivity contribution is 7.11. The summed E-state index contributed by atoms with van der Waals surface area (Å²) in [6.07, 6.45) is 6.68.